The fourth-order valence-electron chi connectivity index (χ4n) is 2.26. The van der Waals surface area contributed by atoms with Gasteiger partial charge in [0.25, 0.3) is 0 Å². The number of anilines is 1. The summed E-state index contributed by atoms with van der Waals surface area (Å²) in [5.74, 6) is 0. The van der Waals surface area contributed by atoms with E-state index >= 15 is 0 Å². The predicted molar refractivity (Wildman–Crippen MR) is 96.0 cm³/mol. The molecular formula is C15H14ClN3OS2. The third kappa shape index (κ3) is 2.63. The van der Waals surface area contributed by atoms with Gasteiger partial charge in [0, 0.05) is 21.0 Å². The smallest absolute Gasteiger partial charge is 0.223 e. The largest absolute Gasteiger partial charge is 0.320 e. The first-order valence-electron chi connectivity index (χ1n) is 6.61. The van der Waals surface area contributed by atoms with Crippen molar-refractivity contribution in [3.05, 3.63) is 50.9 Å². The lowest BCUT2D eigenvalue weighted by atomic mass is 10.0. The zero-order chi connectivity index (χ0) is 15.9. The number of hydrogen-bond acceptors (Lipinski definition) is 4. The van der Waals surface area contributed by atoms with Crippen LogP contribution in [0.4, 0.5) is 5.00 Å². The highest BCUT2D eigenvalue weighted by Gasteiger charge is 2.26. The number of hydrazone groups is 1. The summed E-state index contributed by atoms with van der Waals surface area (Å²) < 4.78 is 0. The SMILES string of the molecule is CON1N=C(c2ccc(Cl)cc2)c2c(sc(C)c2C)NC1=S. The van der Waals surface area contributed by atoms with E-state index in [4.69, 9.17) is 28.7 Å². The number of rotatable bonds is 2. The van der Waals surface area contributed by atoms with E-state index in [-0.39, 0.29) is 0 Å². The lowest BCUT2D eigenvalue weighted by Crippen LogP contribution is -2.28. The van der Waals surface area contributed by atoms with E-state index in [0.717, 1.165) is 21.8 Å². The van der Waals surface area contributed by atoms with E-state index in [1.807, 2.05) is 24.3 Å². The number of hydroxylamine groups is 1. The number of hydrogen-bond donors (Lipinski definition) is 1. The highest BCUT2D eigenvalue weighted by Crippen LogP contribution is 2.36. The van der Waals surface area contributed by atoms with Crippen LogP contribution in [0.2, 0.25) is 5.02 Å². The molecule has 2 aromatic rings. The fraction of sp³-hybridized carbons (Fsp3) is 0.200. The van der Waals surface area contributed by atoms with Gasteiger partial charge in [-0.1, -0.05) is 23.7 Å². The van der Waals surface area contributed by atoms with Gasteiger partial charge in [-0.25, -0.2) is 0 Å². The number of benzene rings is 1. The summed E-state index contributed by atoms with van der Waals surface area (Å²) in [6.45, 7) is 4.18. The van der Waals surface area contributed by atoms with Crippen LogP contribution < -0.4 is 5.32 Å². The zero-order valence-electron chi connectivity index (χ0n) is 12.3. The van der Waals surface area contributed by atoms with E-state index in [2.05, 4.69) is 24.3 Å². The molecule has 22 heavy (non-hydrogen) atoms. The highest BCUT2D eigenvalue weighted by atomic mass is 35.5. The molecule has 0 bridgehead atoms. The van der Waals surface area contributed by atoms with Gasteiger partial charge in [0.05, 0.1) is 7.11 Å². The summed E-state index contributed by atoms with van der Waals surface area (Å²) in [6.07, 6.45) is 0. The molecule has 0 amide bonds. The van der Waals surface area contributed by atoms with Crippen molar-refractivity contribution in [3.8, 4) is 0 Å². The van der Waals surface area contributed by atoms with E-state index in [9.17, 15) is 0 Å². The Morgan fingerprint density at radius 3 is 2.59 bits per heavy atom. The van der Waals surface area contributed by atoms with Crippen LogP contribution in [-0.2, 0) is 4.84 Å². The van der Waals surface area contributed by atoms with Gasteiger partial charge in [-0.2, -0.15) is 0 Å². The van der Waals surface area contributed by atoms with Crippen LogP contribution in [0.5, 0.6) is 0 Å². The lowest BCUT2D eigenvalue weighted by molar-refractivity contribution is -0.0604. The maximum atomic E-state index is 5.99. The zero-order valence-corrected chi connectivity index (χ0v) is 14.7. The maximum Gasteiger partial charge on any atom is 0.223 e. The van der Waals surface area contributed by atoms with Crippen LogP contribution >= 0.6 is 35.2 Å². The van der Waals surface area contributed by atoms with Crippen molar-refractivity contribution in [2.45, 2.75) is 13.8 Å². The second-order valence-corrected chi connectivity index (χ2v) is 6.88. The monoisotopic (exact) mass is 351 g/mol. The first-order valence-corrected chi connectivity index (χ1v) is 8.21. The molecule has 1 aromatic carbocycles. The average Bonchev–Trinajstić information content (AvgIpc) is 2.68. The molecule has 4 nitrogen and oxygen atoms in total. The standard InChI is InChI=1S/C15H14ClN3OS2/c1-8-9(2)22-14-12(8)13(10-4-6-11(16)7-5-10)18-19(20-3)15(21)17-14/h4-7H,1-3H3,(H,17,21). The minimum atomic E-state index is 0.411. The van der Waals surface area contributed by atoms with Gasteiger partial charge in [-0.05, 0) is 43.8 Å². The van der Waals surface area contributed by atoms with E-state index in [0.29, 0.717) is 10.1 Å². The molecule has 1 aromatic heterocycles. The predicted octanol–water partition coefficient (Wildman–Crippen LogP) is 4.34. The molecule has 2 heterocycles. The van der Waals surface area contributed by atoms with Gasteiger partial charge in [-0.15, -0.1) is 21.6 Å². The fourth-order valence-corrected chi connectivity index (χ4v) is 3.73. The van der Waals surface area contributed by atoms with Crippen LogP contribution in [0.1, 0.15) is 21.6 Å². The van der Waals surface area contributed by atoms with Crippen molar-refractivity contribution >= 4 is 51.0 Å². The summed E-state index contributed by atoms with van der Waals surface area (Å²) in [5.41, 5.74) is 4.00. The summed E-state index contributed by atoms with van der Waals surface area (Å²) in [5, 5.41) is 11.2. The Labute approximate surface area is 143 Å². The number of thiocarbonyl (C=S) groups is 1. The maximum absolute atomic E-state index is 5.99. The van der Waals surface area contributed by atoms with Gasteiger partial charge in [-0.3, -0.25) is 4.84 Å². The Bertz CT molecular complexity index is 768. The summed E-state index contributed by atoms with van der Waals surface area (Å²) in [4.78, 5) is 6.48. The van der Waals surface area contributed by atoms with Crippen LogP contribution in [0.15, 0.2) is 29.4 Å². The topological polar surface area (TPSA) is 36.9 Å². The van der Waals surface area contributed by atoms with Crippen LogP contribution in [0, 0.1) is 13.8 Å². The Kier molecular flexibility index (Phi) is 4.18. The third-order valence-corrected chi connectivity index (χ3v) is 5.13. The van der Waals surface area contributed by atoms with Crippen molar-refractivity contribution in [3.63, 3.8) is 0 Å². The molecule has 0 saturated heterocycles. The van der Waals surface area contributed by atoms with Gasteiger partial charge < -0.3 is 5.32 Å². The summed E-state index contributed by atoms with van der Waals surface area (Å²) in [6, 6.07) is 7.59. The molecule has 0 fully saturated rings. The Balaban J connectivity index is 2.23. The molecular weight excluding hydrogens is 338 g/mol. The minimum Gasteiger partial charge on any atom is -0.320 e. The lowest BCUT2D eigenvalue weighted by Gasteiger charge is -2.15. The molecule has 1 N–H and O–H groups in total. The van der Waals surface area contributed by atoms with Gasteiger partial charge in [0.2, 0.25) is 5.11 Å². The van der Waals surface area contributed by atoms with Crippen LogP contribution in [-0.4, -0.2) is 23.1 Å². The van der Waals surface area contributed by atoms with Crippen molar-refractivity contribution in [2.75, 3.05) is 12.4 Å². The van der Waals surface area contributed by atoms with E-state index < -0.39 is 0 Å². The number of halogens is 1. The Morgan fingerprint density at radius 1 is 1.27 bits per heavy atom. The molecule has 1 aliphatic heterocycles. The van der Waals surface area contributed by atoms with Gasteiger partial charge in [0.15, 0.2) is 0 Å². The molecule has 0 atom stereocenters. The molecule has 0 spiro atoms. The van der Waals surface area contributed by atoms with E-state index in [1.54, 1.807) is 11.3 Å². The second kappa shape index (κ2) is 5.96. The Hall–Kier alpha value is -1.47. The van der Waals surface area contributed by atoms with Crippen molar-refractivity contribution in [2.24, 2.45) is 5.10 Å². The molecule has 0 radical (unpaired) electrons. The van der Waals surface area contributed by atoms with Gasteiger partial charge >= 0.3 is 0 Å². The van der Waals surface area contributed by atoms with E-state index in [1.165, 1.54) is 22.7 Å². The second-order valence-electron chi connectivity index (χ2n) is 4.83. The molecule has 114 valence electrons. The number of nitrogens with one attached hydrogen (secondary N) is 1. The number of thiophene rings is 1. The number of aryl methyl sites for hydroxylation is 1. The number of fused-ring (bicyclic) bond motifs is 1. The Morgan fingerprint density at radius 2 is 1.95 bits per heavy atom. The van der Waals surface area contributed by atoms with Crippen molar-refractivity contribution < 1.29 is 4.84 Å². The van der Waals surface area contributed by atoms with Crippen molar-refractivity contribution in [1.29, 1.82) is 0 Å². The van der Waals surface area contributed by atoms with Crippen molar-refractivity contribution in [1.82, 2.24) is 5.17 Å². The van der Waals surface area contributed by atoms with Crippen LogP contribution in [0.25, 0.3) is 0 Å². The molecule has 3 rings (SSSR count). The molecule has 0 aliphatic carbocycles. The summed E-state index contributed by atoms with van der Waals surface area (Å²) >= 11 is 13.0. The first kappa shape index (κ1) is 15.4. The number of nitrogens with zero attached hydrogens (tertiary/aromatic N) is 2. The molecule has 1 aliphatic rings. The van der Waals surface area contributed by atoms with Gasteiger partial charge in [0.1, 0.15) is 10.7 Å². The first-order chi connectivity index (χ1) is 10.5. The molecule has 0 saturated carbocycles. The quantitative estimate of drug-likeness (QED) is 0.816. The average molecular weight is 352 g/mol. The minimum absolute atomic E-state index is 0.411. The molecule has 7 heteroatoms. The normalized spacial score (nSPS) is 14.3. The highest BCUT2D eigenvalue weighted by molar-refractivity contribution is 7.80. The summed E-state index contributed by atoms with van der Waals surface area (Å²) in [7, 11) is 1.54. The third-order valence-electron chi connectivity index (χ3n) is 3.50. The molecule has 0 unspecified atom stereocenters. The van der Waals surface area contributed by atoms with Crippen LogP contribution in [0.3, 0.4) is 0 Å².